The molecule has 0 spiro atoms. The fourth-order valence-corrected chi connectivity index (χ4v) is 4.72. The normalized spacial score (nSPS) is 14.4. The highest BCUT2D eigenvalue weighted by molar-refractivity contribution is 5.77. The number of imidazole rings is 1. The average Bonchev–Trinajstić information content (AvgIpc) is 3.28. The van der Waals surface area contributed by atoms with Gasteiger partial charge in [0.15, 0.2) is 11.2 Å². The predicted octanol–water partition coefficient (Wildman–Crippen LogP) is 2.72. The Morgan fingerprint density at radius 1 is 0.952 bits per heavy atom. The standard InChI is InChI=1S/C28H29F3N6O5/c1-18-7-9-19(10-8-18)16-36-23-24(32-26(36)41-20-5-4-6-21(15-20)42-28(29,30)31)34(3)27(40)37(25(23)39)17-22(38)35-13-11-33(2)12-14-35/h4-10,15H,11-14,16-17H2,1-3H3. The van der Waals surface area contributed by atoms with Crippen molar-refractivity contribution in [1.29, 1.82) is 0 Å². The van der Waals surface area contributed by atoms with Crippen LogP contribution < -0.4 is 20.7 Å². The second-order valence-electron chi connectivity index (χ2n) is 10.2. The summed E-state index contributed by atoms with van der Waals surface area (Å²) in [7, 11) is 3.37. The van der Waals surface area contributed by atoms with E-state index in [1.54, 1.807) is 4.90 Å². The first-order valence-corrected chi connectivity index (χ1v) is 13.1. The van der Waals surface area contributed by atoms with Crippen molar-refractivity contribution in [3.8, 4) is 17.5 Å². The number of nitrogens with zero attached hydrogens (tertiary/aromatic N) is 6. The van der Waals surface area contributed by atoms with Gasteiger partial charge in [-0.15, -0.1) is 13.2 Å². The Hall–Kier alpha value is -4.59. The van der Waals surface area contributed by atoms with Crippen LogP contribution in [0.15, 0.2) is 58.1 Å². The Bertz CT molecular complexity index is 1730. The van der Waals surface area contributed by atoms with Crippen LogP contribution in [0.5, 0.6) is 17.5 Å². The van der Waals surface area contributed by atoms with Gasteiger partial charge in [-0.3, -0.25) is 18.7 Å². The number of likely N-dealkylation sites (N-methyl/N-ethyl adjacent to an activating group) is 1. The fourth-order valence-electron chi connectivity index (χ4n) is 4.72. The third-order valence-corrected chi connectivity index (χ3v) is 7.06. The van der Waals surface area contributed by atoms with Crippen LogP contribution in [0.3, 0.4) is 0 Å². The van der Waals surface area contributed by atoms with Crippen molar-refractivity contribution in [3.63, 3.8) is 0 Å². The Morgan fingerprint density at radius 3 is 2.29 bits per heavy atom. The van der Waals surface area contributed by atoms with Crippen molar-refractivity contribution in [3.05, 3.63) is 80.5 Å². The van der Waals surface area contributed by atoms with Crippen LogP contribution in [0.2, 0.25) is 0 Å². The maximum Gasteiger partial charge on any atom is 0.573 e. The summed E-state index contributed by atoms with van der Waals surface area (Å²) in [6.07, 6.45) is -4.90. The molecule has 1 aliphatic heterocycles. The zero-order chi connectivity index (χ0) is 30.2. The van der Waals surface area contributed by atoms with Crippen molar-refractivity contribution >= 4 is 17.1 Å². The SMILES string of the molecule is Cc1ccc(Cn2c(Oc3cccc(OC(F)(F)F)c3)nc3c2c(=O)n(CC(=O)N2CCN(C)CC2)c(=O)n3C)cc1. The molecule has 0 N–H and O–H groups in total. The van der Waals surface area contributed by atoms with Crippen LogP contribution in [0.1, 0.15) is 11.1 Å². The van der Waals surface area contributed by atoms with Gasteiger partial charge in [0.2, 0.25) is 5.91 Å². The molecule has 0 radical (unpaired) electrons. The molecule has 1 saturated heterocycles. The van der Waals surface area contributed by atoms with E-state index in [2.05, 4.69) is 14.6 Å². The molecule has 1 amide bonds. The number of aryl methyl sites for hydroxylation is 2. The smallest absolute Gasteiger partial charge is 0.425 e. The van der Waals surface area contributed by atoms with Gasteiger partial charge in [-0.1, -0.05) is 35.9 Å². The van der Waals surface area contributed by atoms with Crippen molar-refractivity contribution < 1.29 is 27.4 Å². The molecule has 3 heterocycles. The maximum atomic E-state index is 13.8. The monoisotopic (exact) mass is 586 g/mol. The number of piperazine rings is 1. The molecule has 2 aromatic heterocycles. The lowest BCUT2D eigenvalue weighted by Gasteiger charge is -2.32. The molecular weight excluding hydrogens is 557 g/mol. The Balaban J connectivity index is 1.59. The highest BCUT2D eigenvalue weighted by Gasteiger charge is 2.31. The summed E-state index contributed by atoms with van der Waals surface area (Å²) in [6.45, 7) is 3.87. The van der Waals surface area contributed by atoms with Gasteiger partial charge in [0.25, 0.3) is 5.56 Å². The Morgan fingerprint density at radius 2 is 1.62 bits per heavy atom. The molecule has 14 heteroatoms. The number of ether oxygens (including phenoxy) is 2. The van der Waals surface area contributed by atoms with Crippen molar-refractivity contribution in [1.82, 2.24) is 28.5 Å². The second kappa shape index (κ2) is 11.4. The van der Waals surface area contributed by atoms with Gasteiger partial charge in [0, 0.05) is 39.3 Å². The molecule has 222 valence electrons. The van der Waals surface area contributed by atoms with E-state index in [0.29, 0.717) is 26.2 Å². The molecule has 0 aliphatic carbocycles. The molecule has 2 aromatic carbocycles. The van der Waals surface area contributed by atoms with Gasteiger partial charge in [-0.25, -0.2) is 9.36 Å². The number of alkyl halides is 3. The molecule has 0 atom stereocenters. The number of hydrogen-bond donors (Lipinski definition) is 0. The van der Waals surface area contributed by atoms with Crippen molar-refractivity contribution in [2.45, 2.75) is 26.4 Å². The Kier molecular flexibility index (Phi) is 7.82. The summed E-state index contributed by atoms with van der Waals surface area (Å²) >= 11 is 0. The average molecular weight is 587 g/mol. The first kappa shape index (κ1) is 28.9. The first-order chi connectivity index (χ1) is 19.9. The van der Waals surface area contributed by atoms with E-state index in [1.165, 1.54) is 23.7 Å². The lowest BCUT2D eigenvalue weighted by Crippen LogP contribution is -2.50. The number of benzene rings is 2. The third kappa shape index (κ3) is 6.17. The van der Waals surface area contributed by atoms with E-state index >= 15 is 0 Å². The van der Waals surface area contributed by atoms with Crippen LogP contribution in [0.25, 0.3) is 11.2 Å². The summed E-state index contributed by atoms with van der Waals surface area (Å²) in [5, 5.41) is 0. The molecule has 11 nitrogen and oxygen atoms in total. The number of halogens is 3. The topological polar surface area (TPSA) is 104 Å². The zero-order valence-corrected chi connectivity index (χ0v) is 23.2. The van der Waals surface area contributed by atoms with Crippen LogP contribution in [-0.4, -0.2) is 74.0 Å². The zero-order valence-electron chi connectivity index (χ0n) is 23.2. The third-order valence-electron chi connectivity index (χ3n) is 7.06. The predicted molar refractivity (Wildman–Crippen MR) is 147 cm³/mol. The van der Waals surface area contributed by atoms with Crippen LogP contribution in [-0.2, 0) is 24.9 Å². The number of aromatic nitrogens is 4. The molecule has 4 aromatic rings. The number of rotatable bonds is 7. The van der Waals surface area contributed by atoms with Gasteiger partial charge < -0.3 is 19.3 Å². The Labute approximate surface area is 237 Å². The number of fused-ring (bicyclic) bond motifs is 1. The van der Waals surface area contributed by atoms with E-state index < -0.39 is 29.9 Å². The maximum absolute atomic E-state index is 13.8. The summed E-state index contributed by atoms with van der Waals surface area (Å²) in [4.78, 5) is 48.2. The highest BCUT2D eigenvalue weighted by Crippen LogP contribution is 2.30. The minimum atomic E-state index is -4.90. The van der Waals surface area contributed by atoms with E-state index in [-0.39, 0.29) is 35.4 Å². The minimum absolute atomic E-state index is 0.00143. The largest absolute Gasteiger partial charge is 0.573 e. The molecule has 0 saturated carbocycles. The first-order valence-electron chi connectivity index (χ1n) is 13.1. The van der Waals surface area contributed by atoms with E-state index in [4.69, 9.17) is 4.74 Å². The summed E-state index contributed by atoms with van der Waals surface area (Å²) in [5.41, 5.74) is 0.313. The summed E-state index contributed by atoms with van der Waals surface area (Å²) < 4.78 is 51.7. The number of hydrogen-bond acceptors (Lipinski definition) is 7. The van der Waals surface area contributed by atoms with Gasteiger partial charge in [0.05, 0.1) is 6.54 Å². The quantitative estimate of drug-likeness (QED) is 0.328. The highest BCUT2D eigenvalue weighted by atomic mass is 19.4. The van der Waals surface area contributed by atoms with Gasteiger partial charge in [-0.2, -0.15) is 4.98 Å². The molecule has 1 fully saturated rings. The minimum Gasteiger partial charge on any atom is -0.425 e. The van der Waals surface area contributed by atoms with E-state index in [0.717, 1.165) is 32.4 Å². The van der Waals surface area contributed by atoms with Crippen LogP contribution in [0.4, 0.5) is 13.2 Å². The van der Waals surface area contributed by atoms with Crippen molar-refractivity contribution in [2.75, 3.05) is 33.2 Å². The van der Waals surface area contributed by atoms with Gasteiger partial charge in [-0.05, 0) is 31.7 Å². The molecule has 5 rings (SSSR count). The number of carbonyl (C=O) groups excluding carboxylic acids is 1. The van der Waals surface area contributed by atoms with Gasteiger partial charge in [0.1, 0.15) is 18.0 Å². The lowest BCUT2D eigenvalue weighted by molar-refractivity contribution is -0.274. The molecular formula is C28H29F3N6O5. The van der Waals surface area contributed by atoms with Crippen molar-refractivity contribution in [2.24, 2.45) is 7.05 Å². The number of carbonyl (C=O) groups is 1. The molecule has 1 aliphatic rings. The molecule has 0 bridgehead atoms. The summed E-state index contributed by atoms with van der Waals surface area (Å²) in [6, 6.07) is 12.2. The summed E-state index contributed by atoms with van der Waals surface area (Å²) in [5.74, 6) is -0.893. The lowest BCUT2D eigenvalue weighted by atomic mass is 10.1. The second-order valence-corrected chi connectivity index (χ2v) is 10.2. The van der Waals surface area contributed by atoms with Gasteiger partial charge >= 0.3 is 18.1 Å². The number of amides is 1. The van der Waals surface area contributed by atoms with Crippen LogP contribution in [0, 0.1) is 6.92 Å². The van der Waals surface area contributed by atoms with E-state index in [1.807, 2.05) is 38.2 Å². The molecule has 0 unspecified atom stereocenters. The van der Waals surface area contributed by atoms with E-state index in [9.17, 15) is 27.6 Å². The molecule has 42 heavy (non-hydrogen) atoms. The fraction of sp³-hybridized carbons (Fsp3) is 0.357. The van der Waals surface area contributed by atoms with Crippen LogP contribution >= 0.6 is 0 Å².